The van der Waals surface area contributed by atoms with Crippen molar-refractivity contribution in [3.8, 4) is 17.6 Å². The van der Waals surface area contributed by atoms with E-state index in [1.807, 2.05) is 42.5 Å². The van der Waals surface area contributed by atoms with Gasteiger partial charge in [0.2, 0.25) is 5.88 Å². The second kappa shape index (κ2) is 7.56. The van der Waals surface area contributed by atoms with Gasteiger partial charge in [-0.15, -0.1) is 0 Å². The largest absolute Gasteiger partial charge is 0.489 e. The molecule has 0 amide bonds. The predicted octanol–water partition coefficient (Wildman–Crippen LogP) is 3.75. The van der Waals surface area contributed by atoms with Crippen molar-refractivity contribution in [2.45, 2.75) is 19.4 Å². The molecule has 0 fully saturated rings. The van der Waals surface area contributed by atoms with Gasteiger partial charge in [0, 0.05) is 6.07 Å². The Hall–Kier alpha value is -3.98. The number of nitriles is 1. The lowest BCUT2D eigenvalue weighted by Crippen LogP contribution is -2.26. The lowest BCUT2D eigenvalue weighted by molar-refractivity contribution is 0.306. The minimum absolute atomic E-state index is 0.0144. The summed E-state index contributed by atoms with van der Waals surface area (Å²) in [6, 6.07) is 20.7. The third-order valence-electron chi connectivity index (χ3n) is 4.72. The molecule has 0 spiro atoms. The molecule has 6 heteroatoms. The van der Waals surface area contributed by atoms with Gasteiger partial charge >= 0.3 is 5.63 Å². The molecule has 0 aliphatic carbocycles. The molecule has 6 nitrogen and oxygen atoms in total. The second-order valence-corrected chi connectivity index (χ2v) is 6.69. The van der Waals surface area contributed by atoms with Crippen LogP contribution in [0.1, 0.15) is 28.4 Å². The van der Waals surface area contributed by atoms with Gasteiger partial charge in [-0.25, -0.2) is 4.79 Å². The van der Waals surface area contributed by atoms with Gasteiger partial charge in [0.1, 0.15) is 35.5 Å². The minimum Gasteiger partial charge on any atom is -0.489 e. The van der Waals surface area contributed by atoms with E-state index in [0.717, 1.165) is 11.1 Å². The number of rotatable bonds is 4. The Kier molecular flexibility index (Phi) is 4.80. The number of fused-ring (bicyclic) bond motifs is 1. The molecular weight excluding hydrogens is 368 g/mol. The fourth-order valence-corrected chi connectivity index (χ4v) is 3.35. The van der Waals surface area contributed by atoms with Gasteiger partial charge in [0.05, 0.1) is 11.5 Å². The number of aryl methyl sites for hydroxylation is 1. The van der Waals surface area contributed by atoms with E-state index in [4.69, 9.17) is 19.6 Å². The Morgan fingerprint density at radius 2 is 1.86 bits per heavy atom. The zero-order valence-corrected chi connectivity index (χ0v) is 15.7. The first kappa shape index (κ1) is 18.4. The smallest absolute Gasteiger partial charge is 0.343 e. The molecule has 0 saturated heterocycles. The SMILES string of the molecule is Cc1cc2c(c(=O)o1)C(c1ccc(OCc3ccccc3)cc1)C(C#N)=C(N)O2. The van der Waals surface area contributed by atoms with Crippen molar-refractivity contribution >= 4 is 0 Å². The number of nitrogens with two attached hydrogens (primary N) is 1. The van der Waals surface area contributed by atoms with Crippen molar-refractivity contribution in [1.29, 1.82) is 5.26 Å². The molecule has 1 unspecified atom stereocenters. The number of nitrogens with zero attached hydrogens (tertiary/aromatic N) is 1. The summed E-state index contributed by atoms with van der Waals surface area (Å²) in [5.41, 5.74) is 7.62. The van der Waals surface area contributed by atoms with Crippen molar-refractivity contribution in [3.63, 3.8) is 0 Å². The first-order valence-electron chi connectivity index (χ1n) is 9.05. The van der Waals surface area contributed by atoms with E-state index in [-0.39, 0.29) is 17.0 Å². The van der Waals surface area contributed by atoms with Crippen LogP contribution in [0.15, 0.2) is 81.3 Å². The summed E-state index contributed by atoms with van der Waals surface area (Å²) in [5, 5.41) is 9.60. The van der Waals surface area contributed by atoms with E-state index in [0.29, 0.717) is 23.9 Å². The monoisotopic (exact) mass is 386 g/mol. The van der Waals surface area contributed by atoms with E-state index in [1.54, 1.807) is 25.1 Å². The minimum atomic E-state index is -0.663. The summed E-state index contributed by atoms with van der Waals surface area (Å²) < 4.78 is 16.6. The predicted molar refractivity (Wildman–Crippen MR) is 106 cm³/mol. The summed E-state index contributed by atoms with van der Waals surface area (Å²) in [6.45, 7) is 2.10. The first-order chi connectivity index (χ1) is 14.1. The molecule has 2 heterocycles. The van der Waals surface area contributed by atoms with Gasteiger partial charge in [-0.2, -0.15) is 5.26 Å². The molecule has 0 radical (unpaired) electrons. The van der Waals surface area contributed by atoms with Crippen LogP contribution in [0.25, 0.3) is 0 Å². The maximum atomic E-state index is 12.5. The maximum Gasteiger partial charge on any atom is 0.343 e. The van der Waals surface area contributed by atoms with Crippen LogP contribution >= 0.6 is 0 Å². The highest BCUT2D eigenvalue weighted by Crippen LogP contribution is 2.40. The first-order valence-corrected chi connectivity index (χ1v) is 9.05. The van der Waals surface area contributed by atoms with Crippen molar-refractivity contribution in [3.05, 3.63) is 105 Å². The van der Waals surface area contributed by atoms with Gasteiger partial charge in [-0.1, -0.05) is 42.5 Å². The van der Waals surface area contributed by atoms with Crippen molar-refractivity contribution in [2.75, 3.05) is 0 Å². The maximum absolute atomic E-state index is 12.5. The molecule has 0 saturated carbocycles. The summed E-state index contributed by atoms with van der Waals surface area (Å²) in [6.07, 6.45) is 0. The molecule has 1 aromatic heterocycles. The van der Waals surface area contributed by atoms with Gasteiger partial charge in [0.15, 0.2) is 0 Å². The Bertz CT molecular complexity index is 1170. The zero-order valence-electron chi connectivity index (χ0n) is 15.7. The molecule has 1 aliphatic heterocycles. The van der Waals surface area contributed by atoms with E-state index >= 15 is 0 Å². The highest BCUT2D eigenvalue weighted by atomic mass is 16.5. The van der Waals surface area contributed by atoms with Gasteiger partial charge in [0.25, 0.3) is 0 Å². The van der Waals surface area contributed by atoms with Crippen LogP contribution in [0, 0.1) is 18.3 Å². The van der Waals surface area contributed by atoms with Gasteiger partial charge in [-0.3, -0.25) is 0 Å². The van der Waals surface area contributed by atoms with Crippen LogP contribution in [0.5, 0.6) is 11.5 Å². The van der Waals surface area contributed by atoms with Crippen LogP contribution in [0.2, 0.25) is 0 Å². The average molecular weight is 386 g/mol. The standard InChI is InChI=1S/C23H18N2O4/c1-14-11-19-21(23(26)28-14)20(18(12-24)22(25)29-19)16-7-9-17(10-8-16)27-13-15-5-3-2-4-6-15/h2-11,20H,13,25H2,1H3. The Morgan fingerprint density at radius 3 is 2.55 bits per heavy atom. The van der Waals surface area contributed by atoms with Crippen LogP contribution in [0.3, 0.4) is 0 Å². The fourth-order valence-electron chi connectivity index (χ4n) is 3.35. The molecule has 29 heavy (non-hydrogen) atoms. The number of ether oxygens (including phenoxy) is 2. The molecule has 144 valence electrons. The van der Waals surface area contributed by atoms with Crippen molar-refractivity contribution in [2.24, 2.45) is 5.73 Å². The van der Waals surface area contributed by atoms with Crippen LogP contribution in [-0.2, 0) is 6.61 Å². The molecule has 1 aliphatic rings. The van der Waals surface area contributed by atoms with E-state index in [1.165, 1.54) is 0 Å². The number of hydrogen-bond donors (Lipinski definition) is 1. The van der Waals surface area contributed by atoms with Crippen molar-refractivity contribution in [1.82, 2.24) is 0 Å². The molecule has 1 atom stereocenters. The fraction of sp³-hybridized carbons (Fsp3) is 0.130. The summed E-state index contributed by atoms with van der Waals surface area (Å²) in [4.78, 5) is 12.5. The molecule has 4 rings (SSSR count). The molecule has 0 bridgehead atoms. The third kappa shape index (κ3) is 3.58. The van der Waals surface area contributed by atoms with Crippen LogP contribution in [-0.4, -0.2) is 0 Å². The molecular formula is C23H18N2O4. The number of benzene rings is 2. The summed E-state index contributed by atoms with van der Waals surface area (Å²) >= 11 is 0. The van der Waals surface area contributed by atoms with Crippen LogP contribution < -0.4 is 20.8 Å². The second-order valence-electron chi connectivity index (χ2n) is 6.69. The molecule has 3 aromatic rings. The molecule has 2 aromatic carbocycles. The van der Waals surface area contributed by atoms with E-state index in [9.17, 15) is 10.1 Å². The van der Waals surface area contributed by atoms with E-state index < -0.39 is 11.5 Å². The summed E-state index contributed by atoms with van der Waals surface area (Å²) in [5.74, 6) is 0.717. The van der Waals surface area contributed by atoms with E-state index in [2.05, 4.69) is 6.07 Å². The van der Waals surface area contributed by atoms with Crippen LogP contribution in [0.4, 0.5) is 0 Å². The Balaban J connectivity index is 1.67. The third-order valence-corrected chi connectivity index (χ3v) is 4.72. The quantitative estimate of drug-likeness (QED) is 0.733. The van der Waals surface area contributed by atoms with Crippen molar-refractivity contribution < 1.29 is 13.9 Å². The Labute approximate surface area is 167 Å². The highest BCUT2D eigenvalue weighted by molar-refractivity contribution is 5.55. The number of hydrogen-bond acceptors (Lipinski definition) is 6. The Morgan fingerprint density at radius 1 is 1.14 bits per heavy atom. The topological polar surface area (TPSA) is 98.5 Å². The number of allylic oxidation sites excluding steroid dienone is 1. The van der Waals surface area contributed by atoms with Gasteiger partial charge in [-0.05, 0) is 30.2 Å². The lowest BCUT2D eigenvalue weighted by atomic mass is 9.84. The lowest BCUT2D eigenvalue weighted by Gasteiger charge is -2.25. The zero-order chi connectivity index (χ0) is 20.4. The average Bonchev–Trinajstić information content (AvgIpc) is 2.72. The highest BCUT2D eigenvalue weighted by Gasteiger charge is 2.34. The normalized spacial score (nSPS) is 15.2. The van der Waals surface area contributed by atoms with Gasteiger partial charge < -0.3 is 19.6 Å². The summed E-state index contributed by atoms with van der Waals surface area (Å²) in [7, 11) is 0. The molecule has 2 N–H and O–H groups in total.